The molecule has 0 aliphatic heterocycles. The molecule has 0 bridgehead atoms. The van der Waals surface area contributed by atoms with Gasteiger partial charge < -0.3 is 5.73 Å². The number of pyridine rings is 1. The molecule has 0 saturated carbocycles. The second-order valence-electron chi connectivity index (χ2n) is 3.61. The summed E-state index contributed by atoms with van der Waals surface area (Å²) < 4.78 is 2.49. The number of hydrogen-bond donors (Lipinski definition) is 1. The van der Waals surface area contributed by atoms with E-state index < -0.39 is 11.9 Å². The first-order valence-electron chi connectivity index (χ1n) is 4.92. The van der Waals surface area contributed by atoms with Crippen molar-refractivity contribution in [1.29, 1.82) is 0 Å². The van der Waals surface area contributed by atoms with Crippen LogP contribution in [0.1, 0.15) is 18.8 Å². The van der Waals surface area contributed by atoms with E-state index in [1.165, 1.54) is 0 Å². The molecule has 1 amide bonds. The number of hydrogen-bond acceptors (Lipinski definition) is 3. The molecule has 2 aromatic heterocycles. The number of carbonyl (C=O) groups is 1. The van der Waals surface area contributed by atoms with Crippen molar-refractivity contribution in [3.05, 3.63) is 22.6 Å². The summed E-state index contributed by atoms with van der Waals surface area (Å²) in [6.45, 7) is 1.70. The summed E-state index contributed by atoms with van der Waals surface area (Å²) in [6.07, 6.45) is 1.65. The van der Waals surface area contributed by atoms with Crippen molar-refractivity contribution in [3.63, 3.8) is 0 Å². The molecule has 0 aromatic carbocycles. The van der Waals surface area contributed by atoms with Gasteiger partial charge in [0.15, 0.2) is 5.65 Å². The van der Waals surface area contributed by atoms with E-state index >= 15 is 0 Å². The minimum atomic E-state index is -0.526. The molecule has 2 heterocycles. The van der Waals surface area contributed by atoms with E-state index in [0.717, 1.165) is 4.47 Å². The zero-order chi connectivity index (χ0) is 12.6. The molecular formula is C10H10BrClN4O. The Kier molecular flexibility index (Phi) is 3.35. The van der Waals surface area contributed by atoms with E-state index in [0.29, 0.717) is 17.0 Å². The van der Waals surface area contributed by atoms with E-state index in [2.05, 4.69) is 25.9 Å². The number of aromatic nitrogens is 3. The molecule has 17 heavy (non-hydrogen) atoms. The first kappa shape index (κ1) is 12.3. The summed E-state index contributed by atoms with van der Waals surface area (Å²) in [5.74, 6) is 0.338. The van der Waals surface area contributed by atoms with Gasteiger partial charge in [-0.2, -0.15) is 0 Å². The van der Waals surface area contributed by atoms with Crippen molar-refractivity contribution >= 4 is 44.6 Å². The normalized spacial score (nSPS) is 12.9. The standard InChI is InChI=1S/C10H10BrClN4O/c1-5(9(13)17)16-8(3-12)15-7-2-6(11)4-14-10(7)16/h2,4-5H,3H2,1H3,(H2,13,17). The van der Waals surface area contributed by atoms with Crippen LogP contribution < -0.4 is 5.73 Å². The number of alkyl halides is 1. The van der Waals surface area contributed by atoms with Crippen molar-refractivity contribution in [2.75, 3.05) is 0 Å². The quantitative estimate of drug-likeness (QED) is 0.880. The van der Waals surface area contributed by atoms with Crippen molar-refractivity contribution in [3.8, 4) is 0 Å². The van der Waals surface area contributed by atoms with Gasteiger partial charge in [0.25, 0.3) is 0 Å². The largest absolute Gasteiger partial charge is 0.368 e. The zero-order valence-corrected chi connectivity index (χ0v) is 11.4. The highest BCUT2D eigenvalue weighted by atomic mass is 79.9. The number of fused-ring (bicyclic) bond motifs is 1. The number of carbonyl (C=O) groups excluding carboxylic acids is 1. The van der Waals surface area contributed by atoms with Crippen LogP contribution in [0.15, 0.2) is 16.7 Å². The first-order chi connectivity index (χ1) is 8.04. The van der Waals surface area contributed by atoms with E-state index in [-0.39, 0.29) is 5.88 Å². The maximum Gasteiger partial charge on any atom is 0.240 e. The van der Waals surface area contributed by atoms with E-state index in [1.807, 2.05) is 6.07 Å². The molecule has 1 atom stereocenters. The van der Waals surface area contributed by atoms with Crippen molar-refractivity contribution in [1.82, 2.24) is 14.5 Å². The van der Waals surface area contributed by atoms with E-state index in [9.17, 15) is 4.79 Å². The van der Waals surface area contributed by atoms with Gasteiger partial charge in [0.1, 0.15) is 17.4 Å². The molecule has 0 spiro atoms. The number of halogens is 2. The lowest BCUT2D eigenvalue weighted by molar-refractivity contribution is -0.120. The molecule has 0 aliphatic rings. The van der Waals surface area contributed by atoms with Gasteiger partial charge in [-0.3, -0.25) is 9.36 Å². The SMILES string of the molecule is CC(C(N)=O)n1c(CCl)nc2cc(Br)cnc21. The maximum atomic E-state index is 11.3. The Balaban J connectivity index is 2.70. The van der Waals surface area contributed by atoms with Crippen molar-refractivity contribution in [2.45, 2.75) is 18.8 Å². The fourth-order valence-corrected chi connectivity index (χ4v) is 2.14. The van der Waals surface area contributed by atoms with Crippen LogP contribution in [-0.2, 0) is 10.7 Å². The molecule has 0 fully saturated rings. The first-order valence-corrected chi connectivity index (χ1v) is 6.25. The topological polar surface area (TPSA) is 73.8 Å². The second kappa shape index (κ2) is 4.62. The fraction of sp³-hybridized carbons (Fsp3) is 0.300. The summed E-state index contributed by atoms with van der Waals surface area (Å²) in [4.78, 5) is 19.8. The Hall–Kier alpha value is -1.14. The monoisotopic (exact) mass is 316 g/mol. The van der Waals surface area contributed by atoms with Crippen molar-refractivity contribution in [2.24, 2.45) is 5.73 Å². The van der Waals surface area contributed by atoms with Crippen LogP contribution in [0.5, 0.6) is 0 Å². The summed E-state index contributed by atoms with van der Waals surface area (Å²) >= 11 is 9.13. The van der Waals surface area contributed by atoms with Crippen molar-refractivity contribution < 1.29 is 4.79 Å². The number of rotatable bonds is 3. The second-order valence-corrected chi connectivity index (χ2v) is 4.79. The summed E-state index contributed by atoms with van der Waals surface area (Å²) in [7, 11) is 0. The molecular weight excluding hydrogens is 307 g/mol. The Morgan fingerprint density at radius 3 is 3.00 bits per heavy atom. The van der Waals surface area contributed by atoms with Gasteiger partial charge in [0.2, 0.25) is 5.91 Å². The summed E-state index contributed by atoms with van der Waals surface area (Å²) in [5.41, 5.74) is 6.59. The Morgan fingerprint density at radius 1 is 1.71 bits per heavy atom. The van der Waals surface area contributed by atoms with Gasteiger partial charge in [0.05, 0.1) is 5.88 Å². The number of nitrogens with zero attached hydrogens (tertiary/aromatic N) is 3. The number of nitrogens with two attached hydrogens (primary N) is 1. The van der Waals surface area contributed by atoms with Gasteiger partial charge >= 0.3 is 0 Å². The third-order valence-corrected chi connectivity index (χ3v) is 3.16. The lowest BCUT2D eigenvalue weighted by atomic mass is 10.3. The molecule has 7 heteroatoms. The lowest BCUT2D eigenvalue weighted by Gasteiger charge is -2.12. The molecule has 2 N–H and O–H groups in total. The number of amides is 1. The zero-order valence-electron chi connectivity index (χ0n) is 9.02. The van der Waals surface area contributed by atoms with Crippen LogP contribution in [0.2, 0.25) is 0 Å². The average Bonchev–Trinajstić information content (AvgIpc) is 2.65. The van der Waals surface area contributed by atoms with Gasteiger partial charge in [-0.15, -0.1) is 11.6 Å². The van der Waals surface area contributed by atoms with Gasteiger partial charge in [-0.25, -0.2) is 9.97 Å². The lowest BCUT2D eigenvalue weighted by Crippen LogP contribution is -2.25. The Morgan fingerprint density at radius 2 is 2.41 bits per heavy atom. The van der Waals surface area contributed by atoms with Crippen LogP contribution in [0.4, 0.5) is 0 Å². The van der Waals surface area contributed by atoms with E-state index in [4.69, 9.17) is 17.3 Å². The van der Waals surface area contributed by atoms with Gasteiger partial charge in [-0.05, 0) is 28.9 Å². The third-order valence-electron chi connectivity index (χ3n) is 2.49. The highest BCUT2D eigenvalue weighted by Gasteiger charge is 2.19. The van der Waals surface area contributed by atoms with Crippen LogP contribution in [-0.4, -0.2) is 20.4 Å². The molecule has 0 saturated heterocycles. The Labute approximate surface area is 111 Å². The summed E-state index contributed by atoms with van der Waals surface area (Å²) in [6, 6.07) is 1.30. The van der Waals surface area contributed by atoms with E-state index in [1.54, 1.807) is 17.7 Å². The minimum Gasteiger partial charge on any atom is -0.368 e. The van der Waals surface area contributed by atoms with Gasteiger partial charge in [0, 0.05) is 10.7 Å². The highest BCUT2D eigenvalue weighted by Crippen LogP contribution is 2.23. The Bertz CT molecular complexity index is 583. The molecule has 1 unspecified atom stereocenters. The number of imidazole rings is 1. The molecule has 2 rings (SSSR count). The van der Waals surface area contributed by atoms with Gasteiger partial charge in [-0.1, -0.05) is 0 Å². The smallest absolute Gasteiger partial charge is 0.240 e. The molecule has 5 nitrogen and oxygen atoms in total. The molecule has 0 aliphatic carbocycles. The predicted octanol–water partition coefficient (Wildman–Crippen LogP) is 1.98. The predicted molar refractivity (Wildman–Crippen MR) is 68.7 cm³/mol. The van der Waals surface area contributed by atoms with Crippen LogP contribution >= 0.6 is 27.5 Å². The van der Waals surface area contributed by atoms with Crippen LogP contribution in [0.25, 0.3) is 11.2 Å². The minimum absolute atomic E-state index is 0.200. The van der Waals surface area contributed by atoms with Crippen LogP contribution in [0.3, 0.4) is 0 Å². The maximum absolute atomic E-state index is 11.3. The van der Waals surface area contributed by atoms with Crippen LogP contribution in [0, 0.1) is 0 Å². The highest BCUT2D eigenvalue weighted by molar-refractivity contribution is 9.10. The molecule has 2 aromatic rings. The molecule has 0 radical (unpaired) electrons. The number of primary amides is 1. The fourth-order valence-electron chi connectivity index (χ4n) is 1.63. The average molecular weight is 318 g/mol. The third kappa shape index (κ3) is 2.14. The summed E-state index contributed by atoms with van der Waals surface area (Å²) in [5, 5.41) is 0. The molecule has 90 valence electrons.